The third kappa shape index (κ3) is 5.86. The Morgan fingerprint density at radius 2 is 1.62 bits per heavy atom. The van der Waals surface area contributed by atoms with E-state index in [2.05, 4.69) is 15.0 Å². The van der Waals surface area contributed by atoms with E-state index in [-0.39, 0.29) is 5.75 Å². The highest BCUT2D eigenvalue weighted by Gasteiger charge is 2.30. The van der Waals surface area contributed by atoms with Crippen LogP contribution in [0.15, 0.2) is 48.5 Å². The Morgan fingerprint density at radius 1 is 1.03 bits per heavy atom. The quantitative estimate of drug-likeness (QED) is 0.462. The average Bonchev–Trinajstić information content (AvgIpc) is 3.10. The lowest BCUT2D eigenvalue weighted by Crippen LogP contribution is -2.16. The highest BCUT2D eigenvalue weighted by molar-refractivity contribution is 7.92. The van der Waals surface area contributed by atoms with Crippen molar-refractivity contribution in [2.45, 2.75) is 26.4 Å². The number of nitrogens with one attached hydrogen (secondary N) is 2. The smallest absolute Gasteiger partial charge is 0.321 e. The summed E-state index contributed by atoms with van der Waals surface area (Å²) in [6.07, 6.45) is -3.93. The first kappa shape index (κ1) is 23.7. The predicted molar refractivity (Wildman–Crippen MR) is 119 cm³/mol. The number of nitrogens with zero attached hydrogens (tertiary/aromatic N) is 1. The van der Waals surface area contributed by atoms with Gasteiger partial charge in [-0.05, 0) is 49.7 Å². The minimum Gasteiger partial charge on any atom is -0.321 e. The molecular weight excluding hydrogens is 463 g/mol. The van der Waals surface area contributed by atoms with E-state index in [1.165, 1.54) is 24.3 Å². The Bertz CT molecular complexity index is 1200. The minimum absolute atomic E-state index is 0.0113. The van der Waals surface area contributed by atoms with Gasteiger partial charge >= 0.3 is 6.18 Å². The molecule has 0 atom stereocenters. The number of aromatic nitrogens is 1. The summed E-state index contributed by atoms with van der Waals surface area (Å²) in [7, 11) is -3.41. The number of halogens is 3. The van der Waals surface area contributed by atoms with E-state index in [1.807, 2.05) is 0 Å². The molecule has 32 heavy (non-hydrogen) atoms. The van der Waals surface area contributed by atoms with Crippen LogP contribution in [0.25, 0.3) is 10.6 Å². The van der Waals surface area contributed by atoms with Gasteiger partial charge < -0.3 is 5.32 Å². The number of rotatable bonds is 7. The number of benzene rings is 2. The highest BCUT2D eigenvalue weighted by Crippen LogP contribution is 2.33. The number of aryl methyl sites for hydroxylation is 1. The lowest BCUT2D eigenvalue weighted by molar-refractivity contribution is -0.137. The van der Waals surface area contributed by atoms with Crippen molar-refractivity contribution < 1.29 is 26.4 Å². The van der Waals surface area contributed by atoms with Crippen LogP contribution < -0.4 is 10.0 Å². The summed E-state index contributed by atoms with van der Waals surface area (Å²) in [6, 6.07) is 10.8. The zero-order valence-electron chi connectivity index (χ0n) is 17.2. The number of anilines is 2. The van der Waals surface area contributed by atoms with E-state index in [9.17, 15) is 26.4 Å². The Hall–Kier alpha value is -2.92. The fourth-order valence-electron chi connectivity index (χ4n) is 2.84. The van der Waals surface area contributed by atoms with Gasteiger partial charge in [0.2, 0.25) is 10.0 Å². The molecule has 0 saturated heterocycles. The van der Waals surface area contributed by atoms with Crippen LogP contribution in [0.5, 0.6) is 0 Å². The molecule has 6 nitrogen and oxygen atoms in total. The number of hydrogen-bond acceptors (Lipinski definition) is 5. The van der Waals surface area contributed by atoms with Crippen molar-refractivity contribution in [2.24, 2.45) is 0 Å². The maximum absolute atomic E-state index is 12.7. The van der Waals surface area contributed by atoms with Crippen LogP contribution in [0.2, 0.25) is 0 Å². The first-order chi connectivity index (χ1) is 15.0. The van der Waals surface area contributed by atoms with E-state index in [1.54, 1.807) is 26.0 Å². The fourth-order valence-corrected chi connectivity index (χ4v) is 4.94. The van der Waals surface area contributed by atoms with Crippen LogP contribution in [-0.4, -0.2) is 25.1 Å². The van der Waals surface area contributed by atoms with Gasteiger partial charge in [0, 0.05) is 16.9 Å². The van der Waals surface area contributed by atoms with Crippen molar-refractivity contribution in [3.8, 4) is 10.6 Å². The molecule has 0 spiro atoms. The van der Waals surface area contributed by atoms with Gasteiger partial charge in [-0.1, -0.05) is 19.1 Å². The van der Waals surface area contributed by atoms with Crippen LogP contribution in [-0.2, 0) is 16.2 Å². The van der Waals surface area contributed by atoms with Crippen molar-refractivity contribution >= 4 is 38.6 Å². The summed E-state index contributed by atoms with van der Waals surface area (Å²) in [5.41, 5.74) is 1.01. The highest BCUT2D eigenvalue weighted by atomic mass is 32.2. The summed E-state index contributed by atoms with van der Waals surface area (Å²) in [5.74, 6) is -0.408. The van der Waals surface area contributed by atoms with E-state index in [4.69, 9.17) is 0 Å². The second kappa shape index (κ2) is 9.29. The standard InChI is InChI=1S/C21H20F3N3O3S2/c1-3-12-32(29,30)27-17-10-8-16(9-11-17)26-19(28)18-13(2)25-20(31-18)14-4-6-15(7-5-14)21(22,23)24/h4-11,27H,3,12H2,1-2H3,(H,26,28). The molecular formula is C21H20F3N3O3S2. The molecule has 2 aromatic carbocycles. The number of alkyl halides is 3. The molecule has 3 rings (SSSR count). The molecule has 1 heterocycles. The summed E-state index contributed by atoms with van der Waals surface area (Å²) < 4.78 is 64.3. The summed E-state index contributed by atoms with van der Waals surface area (Å²) >= 11 is 1.07. The zero-order valence-corrected chi connectivity index (χ0v) is 18.8. The molecule has 0 saturated carbocycles. The molecule has 0 radical (unpaired) electrons. The van der Waals surface area contributed by atoms with E-state index >= 15 is 0 Å². The maximum atomic E-state index is 12.7. The molecule has 2 N–H and O–H groups in total. The average molecular weight is 484 g/mol. The lowest BCUT2D eigenvalue weighted by atomic mass is 10.1. The van der Waals surface area contributed by atoms with Gasteiger partial charge in [0.25, 0.3) is 5.91 Å². The van der Waals surface area contributed by atoms with Crippen LogP contribution in [0.1, 0.15) is 34.3 Å². The maximum Gasteiger partial charge on any atom is 0.416 e. The van der Waals surface area contributed by atoms with Crippen molar-refractivity contribution in [2.75, 3.05) is 15.8 Å². The summed E-state index contributed by atoms with van der Waals surface area (Å²) in [6.45, 7) is 3.41. The molecule has 0 aliphatic carbocycles. The molecule has 3 aromatic rings. The van der Waals surface area contributed by atoms with Crippen molar-refractivity contribution in [1.29, 1.82) is 0 Å². The lowest BCUT2D eigenvalue weighted by Gasteiger charge is -2.08. The third-order valence-corrected chi connectivity index (χ3v) is 7.05. The zero-order chi connectivity index (χ0) is 23.5. The molecule has 0 fully saturated rings. The Morgan fingerprint density at radius 3 is 2.19 bits per heavy atom. The van der Waals surface area contributed by atoms with E-state index < -0.39 is 27.7 Å². The molecule has 11 heteroatoms. The van der Waals surface area contributed by atoms with E-state index in [0.29, 0.717) is 38.9 Å². The summed E-state index contributed by atoms with van der Waals surface area (Å²) in [5, 5.41) is 3.15. The van der Waals surface area contributed by atoms with Gasteiger partial charge in [-0.2, -0.15) is 13.2 Å². The largest absolute Gasteiger partial charge is 0.416 e. The normalized spacial score (nSPS) is 11.9. The molecule has 0 aliphatic rings. The Balaban J connectivity index is 1.72. The first-order valence-electron chi connectivity index (χ1n) is 9.55. The van der Waals surface area contributed by atoms with Gasteiger partial charge in [-0.25, -0.2) is 13.4 Å². The topological polar surface area (TPSA) is 88.2 Å². The van der Waals surface area contributed by atoms with Crippen molar-refractivity contribution in [3.05, 3.63) is 64.7 Å². The number of sulfonamides is 1. The molecule has 1 aromatic heterocycles. The van der Waals surface area contributed by atoms with Gasteiger partial charge in [0.15, 0.2) is 0 Å². The predicted octanol–water partition coefficient (Wildman–Crippen LogP) is 5.54. The number of hydrogen-bond donors (Lipinski definition) is 2. The number of carbonyl (C=O) groups excluding carboxylic acids is 1. The molecule has 1 amide bonds. The van der Waals surface area contributed by atoms with Gasteiger partial charge in [0.05, 0.1) is 17.0 Å². The van der Waals surface area contributed by atoms with Gasteiger partial charge in [-0.15, -0.1) is 11.3 Å². The summed E-state index contributed by atoms with van der Waals surface area (Å²) in [4.78, 5) is 17.3. The monoisotopic (exact) mass is 483 g/mol. The third-order valence-electron chi connectivity index (χ3n) is 4.35. The second-order valence-corrected chi connectivity index (χ2v) is 9.80. The van der Waals surface area contributed by atoms with E-state index in [0.717, 1.165) is 23.5 Å². The molecule has 0 aliphatic heterocycles. The number of amides is 1. The Labute approximate surface area is 187 Å². The van der Waals surface area contributed by atoms with Crippen LogP contribution >= 0.6 is 11.3 Å². The Kier molecular flexibility index (Phi) is 6.89. The molecule has 170 valence electrons. The van der Waals surface area contributed by atoms with Crippen LogP contribution in [0.4, 0.5) is 24.5 Å². The first-order valence-corrected chi connectivity index (χ1v) is 12.0. The van der Waals surface area contributed by atoms with Gasteiger partial charge in [-0.3, -0.25) is 9.52 Å². The van der Waals surface area contributed by atoms with Crippen LogP contribution in [0.3, 0.4) is 0 Å². The number of thiazole rings is 1. The van der Waals surface area contributed by atoms with Gasteiger partial charge in [0.1, 0.15) is 9.88 Å². The molecule has 0 bridgehead atoms. The van der Waals surface area contributed by atoms with Crippen molar-refractivity contribution in [1.82, 2.24) is 4.98 Å². The fraction of sp³-hybridized carbons (Fsp3) is 0.238. The van der Waals surface area contributed by atoms with Crippen molar-refractivity contribution in [3.63, 3.8) is 0 Å². The second-order valence-electron chi connectivity index (χ2n) is 6.96. The SMILES string of the molecule is CCCS(=O)(=O)Nc1ccc(NC(=O)c2sc(-c3ccc(C(F)(F)F)cc3)nc2C)cc1. The number of carbonyl (C=O) groups is 1. The van der Waals surface area contributed by atoms with Crippen LogP contribution in [0, 0.1) is 6.92 Å². The molecule has 0 unspecified atom stereocenters. The minimum atomic E-state index is -4.42.